The summed E-state index contributed by atoms with van der Waals surface area (Å²) in [7, 11) is 0. The molecule has 0 radical (unpaired) electrons. The van der Waals surface area contributed by atoms with Gasteiger partial charge in [0.05, 0.1) is 0 Å². The van der Waals surface area contributed by atoms with E-state index in [0.29, 0.717) is 27.4 Å². The van der Waals surface area contributed by atoms with Gasteiger partial charge in [0.2, 0.25) is 0 Å². The smallest absolute Gasteiger partial charge is 0.0238 e. The van der Waals surface area contributed by atoms with Crippen LogP contribution in [0.25, 0.3) is 0 Å². The molecule has 2 heterocycles. The number of hydrogen-bond donors (Lipinski definition) is 0. The molecule has 0 nitrogen and oxygen atoms in total. The Morgan fingerprint density at radius 1 is 0.640 bits per heavy atom. The van der Waals surface area contributed by atoms with Crippen molar-refractivity contribution in [1.82, 2.24) is 0 Å². The van der Waals surface area contributed by atoms with Crippen molar-refractivity contribution in [3.8, 4) is 0 Å². The molecule has 0 N–H and O–H groups in total. The maximum Gasteiger partial charge on any atom is -0.0238 e. The Labute approximate surface area is 185 Å². The van der Waals surface area contributed by atoms with Gasteiger partial charge in [0.25, 0.3) is 0 Å². The first kappa shape index (κ1) is 20.5. The molecular formula is C20H20As4Zr. The summed E-state index contributed by atoms with van der Waals surface area (Å²) in [6.07, 6.45) is 7.27. The van der Waals surface area contributed by atoms with Crippen molar-refractivity contribution in [2.75, 3.05) is 0 Å². The van der Waals surface area contributed by atoms with Gasteiger partial charge in [-0.05, 0) is 24.0 Å². The number of benzene rings is 2. The fourth-order valence-electron chi connectivity index (χ4n) is 2.37. The van der Waals surface area contributed by atoms with Crippen LogP contribution in [0.4, 0.5) is 0 Å². The van der Waals surface area contributed by atoms with Crippen molar-refractivity contribution in [1.29, 1.82) is 0 Å². The minimum Gasteiger partial charge on any atom is -0.0622 e. The van der Waals surface area contributed by atoms with Gasteiger partial charge in [-0.1, -0.05) is 60.7 Å². The van der Waals surface area contributed by atoms with Gasteiger partial charge >= 0.3 is 103 Å². The molecule has 2 aromatic rings. The van der Waals surface area contributed by atoms with Crippen LogP contribution in [0.15, 0.2) is 82.5 Å². The molecule has 2 unspecified atom stereocenters. The maximum absolute atomic E-state index is 2.52. The van der Waals surface area contributed by atoms with E-state index in [0.717, 1.165) is 39.3 Å². The Kier molecular flexibility index (Phi) is 10.1. The Hall–Kier alpha value is 0.777. The Balaban J connectivity index is 0.000000150. The van der Waals surface area contributed by atoms with Crippen molar-refractivity contribution in [2.24, 2.45) is 0 Å². The molecule has 2 aromatic carbocycles. The van der Waals surface area contributed by atoms with Gasteiger partial charge in [0.15, 0.2) is 0 Å². The largest absolute Gasteiger partial charge is 0.0622 e. The molecule has 0 fully saturated rings. The summed E-state index contributed by atoms with van der Waals surface area (Å²) < 4.78 is 3.99. The van der Waals surface area contributed by atoms with Gasteiger partial charge in [-0.3, -0.25) is 0 Å². The maximum atomic E-state index is 2.52. The van der Waals surface area contributed by atoms with Crippen molar-refractivity contribution >= 4 is 57.9 Å². The molecule has 2 atom stereocenters. The standard InChI is InChI=1S/C14H14.2C3H3As2.Zr/c1-3-7-13(8-4-1)11-12-14-9-5-2-6-10-14;2*1-2-4-5-3-1;/h1-10H,11-12H2;2*1-2,4H;. The van der Waals surface area contributed by atoms with Crippen LogP contribution in [-0.4, -0.2) is 57.9 Å². The van der Waals surface area contributed by atoms with E-state index in [9.17, 15) is 0 Å². The summed E-state index contributed by atoms with van der Waals surface area (Å²) in [4.78, 5) is 5.03. The summed E-state index contributed by atoms with van der Waals surface area (Å²) in [6, 6.07) is 21.2. The summed E-state index contributed by atoms with van der Waals surface area (Å²) in [5, 5.41) is 0. The molecule has 0 bridgehead atoms. The minimum absolute atomic E-state index is 0.103. The van der Waals surface area contributed by atoms with E-state index in [4.69, 9.17) is 0 Å². The molecule has 25 heavy (non-hydrogen) atoms. The average Bonchev–Trinajstić information content (AvgIpc) is 3.37. The van der Waals surface area contributed by atoms with E-state index >= 15 is 0 Å². The normalized spacial score (nSPS) is 17.8. The molecule has 2 aliphatic rings. The quantitative estimate of drug-likeness (QED) is 0.435. The number of rotatable bonds is 5. The zero-order valence-corrected chi connectivity index (χ0v) is 24.3. The van der Waals surface area contributed by atoms with E-state index in [1.807, 2.05) is 4.02 Å². The first-order chi connectivity index (χ1) is 12.4. The van der Waals surface area contributed by atoms with E-state index in [1.165, 1.54) is 11.1 Å². The fraction of sp³-hybridized carbons (Fsp3) is 0.100. The second-order valence-corrected chi connectivity index (χ2v) is 29.2. The average molecular weight is 651 g/mol. The number of allylic oxidation sites excluding steroid dienone is 2. The van der Waals surface area contributed by atoms with Crippen LogP contribution >= 0.6 is 0 Å². The fourth-order valence-corrected chi connectivity index (χ4v) is 40.2. The van der Waals surface area contributed by atoms with E-state index in [2.05, 4.69) is 82.5 Å². The van der Waals surface area contributed by atoms with Crippen LogP contribution in [-0.2, 0) is 36.1 Å². The zero-order chi connectivity index (χ0) is 17.2. The van der Waals surface area contributed by atoms with Gasteiger partial charge in [-0.2, -0.15) is 0 Å². The van der Waals surface area contributed by atoms with E-state index in [-0.39, 0.29) is 23.2 Å². The Morgan fingerprint density at radius 2 is 1.08 bits per heavy atom. The van der Waals surface area contributed by atoms with Crippen LogP contribution < -0.4 is 0 Å². The SMILES string of the molecule is C1=C[C]([Zr][C]2=[As][AsH]C=C2)=[As][AsH]1.c1ccc(CCc2ccccc2)cc1. The van der Waals surface area contributed by atoms with Crippen molar-refractivity contribution in [3.63, 3.8) is 0 Å². The molecule has 0 saturated heterocycles. The van der Waals surface area contributed by atoms with Gasteiger partial charge < -0.3 is 0 Å². The third kappa shape index (κ3) is 8.12. The molecule has 2 aliphatic heterocycles. The number of hydrogen-bond acceptors (Lipinski definition) is 0. The van der Waals surface area contributed by atoms with Crippen LogP contribution in [0.1, 0.15) is 11.1 Å². The zero-order valence-electron chi connectivity index (χ0n) is 13.9. The second kappa shape index (κ2) is 12.3. The van der Waals surface area contributed by atoms with Gasteiger partial charge in [0.1, 0.15) is 0 Å². The second-order valence-electron chi connectivity index (χ2n) is 5.52. The summed E-state index contributed by atoms with van der Waals surface area (Å²) in [5.41, 5.74) is 2.83. The molecule has 0 saturated carbocycles. The Morgan fingerprint density at radius 3 is 1.44 bits per heavy atom. The van der Waals surface area contributed by atoms with Crippen molar-refractivity contribution in [2.45, 2.75) is 12.8 Å². The predicted molar refractivity (Wildman–Crippen MR) is 114 cm³/mol. The van der Waals surface area contributed by atoms with Crippen LogP contribution in [0, 0.1) is 0 Å². The van der Waals surface area contributed by atoms with Crippen molar-refractivity contribution < 1.29 is 23.2 Å². The summed E-state index contributed by atoms with van der Waals surface area (Å²) >= 11 is 2.37. The first-order valence-electron chi connectivity index (χ1n) is 8.24. The molecule has 0 amide bonds. The minimum atomic E-state index is -0.103. The molecule has 4 rings (SSSR count). The van der Waals surface area contributed by atoms with Gasteiger partial charge in [0, 0.05) is 0 Å². The predicted octanol–water partition coefficient (Wildman–Crippen LogP) is 1.97. The third-order valence-corrected chi connectivity index (χ3v) is 38.2. The Bertz CT molecular complexity index is 712. The van der Waals surface area contributed by atoms with Crippen LogP contribution in [0.5, 0.6) is 0 Å². The van der Waals surface area contributed by atoms with Crippen molar-refractivity contribution in [3.05, 3.63) is 93.7 Å². The van der Waals surface area contributed by atoms with Gasteiger partial charge in [-0.25, -0.2) is 0 Å². The monoisotopic (exact) mass is 650 g/mol. The van der Waals surface area contributed by atoms with E-state index in [1.54, 1.807) is 0 Å². The third-order valence-electron chi connectivity index (χ3n) is 3.65. The van der Waals surface area contributed by atoms with E-state index < -0.39 is 0 Å². The topological polar surface area (TPSA) is 0 Å². The first-order valence-corrected chi connectivity index (χ1v) is 26.6. The summed E-state index contributed by atoms with van der Waals surface area (Å²) in [6.45, 7) is 0. The number of aryl methyl sites for hydroxylation is 2. The van der Waals surface area contributed by atoms with Crippen LogP contribution in [0.3, 0.4) is 0 Å². The molecule has 0 spiro atoms. The molecule has 0 aliphatic carbocycles. The molecule has 124 valence electrons. The molecule has 0 aromatic heterocycles. The summed E-state index contributed by atoms with van der Waals surface area (Å²) in [5.74, 6) is 0. The molecular weight excluding hydrogens is 631 g/mol. The van der Waals surface area contributed by atoms with Gasteiger partial charge in [-0.15, -0.1) is 0 Å². The molecule has 5 heteroatoms. The van der Waals surface area contributed by atoms with Crippen LogP contribution in [0.2, 0.25) is 0 Å².